The number of rotatable bonds is 4. The largest absolute Gasteiger partial charge is 0.283 e. The van der Waals surface area contributed by atoms with E-state index in [1.807, 2.05) is 0 Å². The summed E-state index contributed by atoms with van der Waals surface area (Å²) in [6, 6.07) is 12.2. The molecule has 26 heavy (non-hydrogen) atoms. The zero-order valence-corrected chi connectivity index (χ0v) is 16.1. The zero-order chi connectivity index (χ0) is 19.1. The Hall–Kier alpha value is -1.81. The van der Waals surface area contributed by atoms with Gasteiger partial charge in [0.1, 0.15) is 10.6 Å². The summed E-state index contributed by atoms with van der Waals surface area (Å²) in [7, 11) is -4.10. The van der Waals surface area contributed by atoms with E-state index in [1.165, 1.54) is 18.2 Å². The van der Waals surface area contributed by atoms with Gasteiger partial charge in [-0.3, -0.25) is 0 Å². The average Bonchev–Trinajstić information content (AvgIpc) is 2.92. The number of para-hydroxylation sites is 1. The average molecular weight is 463 g/mol. The first-order valence-electron chi connectivity index (χ1n) is 7.15. The van der Waals surface area contributed by atoms with Crippen molar-refractivity contribution in [3.05, 3.63) is 63.7 Å². The van der Waals surface area contributed by atoms with Crippen LogP contribution in [0.2, 0.25) is 5.02 Å². The summed E-state index contributed by atoms with van der Waals surface area (Å²) in [6.07, 6.45) is -2.86. The molecule has 3 rings (SSSR count). The summed E-state index contributed by atoms with van der Waals surface area (Å²) in [5.41, 5.74) is 0.324. The number of hydrogen-bond acceptors (Lipinski definition) is 3. The number of halogens is 4. The van der Waals surface area contributed by atoms with E-state index >= 15 is 0 Å². The van der Waals surface area contributed by atoms with Gasteiger partial charge in [-0.1, -0.05) is 35.9 Å². The summed E-state index contributed by atoms with van der Waals surface area (Å²) in [6.45, 7) is 0. The molecule has 10 heteroatoms. The molecule has 0 aliphatic heterocycles. The van der Waals surface area contributed by atoms with Gasteiger partial charge in [0, 0.05) is 10.6 Å². The fourth-order valence-corrected chi connectivity index (χ4v) is 3.95. The highest BCUT2D eigenvalue weighted by Crippen LogP contribution is 2.38. The van der Waals surface area contributed by atoms with Crippen molar-refractivity contribution in [2.24, 2.45) is 5.14 Å². The van der Waals surface area contributed by atoms with Crippen LogP contribution in [0.1, 0.15) is 12.1 Å². The SMILES string of the molecule is NS(=O)(=O)c1ccccc1-n1nc(C(F)F)c(Br)c1-c1ccc(Cl)cc1. The fourth-order valence-electron chi connectivity index (χ4n) is 2.46. The third-order valence-corrected chi connectivity index (χ3v) is 5.57. The van der Waals surface area contributed by atoms with Gasteiger partial charge in [-0.2, -0.15) is 5.10 Å². The maximum atomic E-state index is 13.4. The molecule has 0 saturated heterocycles. The van der Waals surface area contributed by atoms with Crippen molar-refractivity contribution in [1.29, 1.82) is 0 Å². The van der Waals surface area contributed by atoms with Crippen LogP contribution in [-0.4, -0.2) is 18.2 Å². The zero-order valence-electron chi connectivity index (χ0n) is 12.9. The van der Waals surface area contributed by atoms with Gasteiger partial charge in [0.25, 0.3) is 6.43 Å². The minimum atomic E-state index is -4.10. The van der Waals surface area contributed by atoms with Crippen LogP contribution in [0.15, 0.2) is 57.9 Å². The normalized spacial score (nSPS) is 11.9. The first-order chi connectivity index (χ1) is 12.2. The van der Waals surface area contributed by atoms with Crippen molar-refractivity contribution >= 4 is 37.6 Å². The first-order valence-corrected chi connectivity index (χ1v) is 9.86. The van der Waals surface area contributed by atoms with E-state index in [-0.39, 0.29) is 20.7 Å². The van der Waals surface area contributed by atoms with Crippen LogP contribution in [0, 0.1) is 0 Å². The molecule has 0 amide bonds. The Morgan fingerprint density at radius 2 is 1.73 bits per heavy atom. The third-order valence-electron chi connectivity index (χ3n) is 3.58. The second-order valence-corrected chi connectivity index (χ2v) is 8.04. The molecule has 5 nitrogen and oxygen atoms in total. The number of primary sulfonamides is 1. The smallest absolute Gasteiger partial charge is 0.230 e. The molecule has 0 fully saturated rings. The summed E-state index contributed by atoms with van der Waals surface area (Å²) in [5, 5.41) is 9.65. The van der Waals surface area contributed by atoms with Crippen molar-refractivity contribution in [2.45, 2.75) is 11.3 Å². The van der Waals surface area contributed by atoms with Gasteiger partial charge < -0.3 is 0 Å². The number of nitrogens with two attached hydrogens (primary N) is 1. The van der Waals surface area contributed by atoms with Gasteiger partial charge in [-0.05, 0) is 40.2 Å². The topological polar surface area (TPSA) is 78.0 Å². The molecular weight excluding hydrogens is 452 g/mol. The van der Waals surface area contributed by atoms with Gasteiger partial charge in [-0.15, -0.1) is 0 Å². The molecule has 0 aliphatic carbocycles. The van der Waals surface area contributed by atoms with E-state index < -0.39 is 22.1 Å². The molecule has 0 bridgehead atoms. The van der Waals surface area contributed by atoms with E-state index in [0.717, 1.165) is 4.68 Å². The second kappa shape index (κ2) is 7.07. The lowest BCUT2D eigenvalue weighted by Crippen LogP contribution is -2.16. The van der Waals surface area contributed by atoms with Crippen LogP contribution in [0.3, 0.4) is 0 Å². The molecule has 0 atom stereocenters. The van der Waals surface area contributed by atoms with Crippen LogP contribution in [0.5, 0.6) is 0 Å². The van der Waals surface area contributed by atoms with Crippen molar-refractivity contribution < 1.29 is 17.2 Å². The Balaban J connectivity index is 2.36. The summed E-state index contributed by atoms with van der Waals surface area (Å²) >= 11 is 9.04. The van der Waals surface area contributed by atoms with E-state index in [2.05, 4.69) is 21.0 Å². The summed E-state index contributed by atoms with van der Waals surface area (Å²) in [4.78, 5) is -0.231. The Morgan fingerprint density at radius 3 is 2.31 bits per heavy atom. The van der Waals surface area contributed by atoms with Crippen molar-refractivity contribution in [1.82, 2.24) is 9.78 Å². The molecule has 0 unspecified atom stereocenters. The lowest BCUT2D eigenvalue weighted by atomic mass is 10.1. The van der Waals surface area contributed by atoms with Gasteiger partial charge in [0.2, 0.25) is 10.0 Å². The lowest BCUT2D eigenvalue weighted by Gasteiger charge is -2.12. The Morgan fingerprint density at radius 1 is 1.12 bits per heavy atom. The maximum Gasteiger partial charge on any atom is 0.283 e. The highest BCUT2D eigenvalue weighted by molar-refractivity contribution is 9.10. The molecule has 136 valence electrons. The maximum absolute atomic E-state index is 13.4. The molecule has 2 N–H and O–H groups in total. The minimum Gasteiger partial charge on any atom is -0.230 e. The van der Waals surface area contributed by atoms with Gasteiger partial charge >= 0.3 is 0 Å². The van der Waals surface area contributed by atoms with Crippen LogP contribution >= 0.6 is 27.5 Å². The molecule has 0 saturated carbocycles. The van der Waals surface area contributed by atoms with Crippen molar-refractivity contribution in [3.63, 3.8) is 0 Å². The Bertz CT molecular complexity index is 1070. The Labute approximate surface area is 161 Å². The summed E-state index contributed by atoms with van der Waals surface area (Å²) in [5.74, 6) is 0. The number of alkyl halides is 2. The second-order valence-electron chi connectivity index (χ2n) is 5.28. The monoisotopic (exact) mass is 461 g/mol. The lowest BCUT2D eigenvalue weighted by molar-refractivity contribution is 0.144. The predicted molar refractivity (Wildman–Crippen MR) is 98.0 cm³/mol. The molecule has 0 radical (unpaired) electrons. The van der Waals surface area contributed by atoms with Gasteiger partial charge in [0.15, 0.2) is 0 Å². The molecular formula is C16H11BrClF2N3O2S. The van der Waals surface area contributed by atoms with Crippen LogP contribution in [0.4, 0.5) is 8.78 Å². The molecule has 2 aromatic carbocycles. The first kappa shape index (κ1) is 19.0. The fraction of sp³-hybridized carbons (Fsp3) is 0.0625. The molecule has 0 aliphatic rings. The number of hydrogen-bond donors (Lipinski definition) is 1. The van der Waals surface area contributed by atoms with E-state index in [1.54, 1.807) is 30.3 Å². The van der Waals surface area contributed by atoms with Crippen LogP contribution in [-0.2, 0) is 10.0 Å². The van der Waals surface area contributed by atoms with E-state index in [9.17, 15) is 17.2 Å². The van der Waals surface area contributed by atoms with Crippen molar-refractivity contribution in [3.8, 4) is 16.9 Å². The molecule has 1 heterocycles. The highest BCUT2D eigenvalue weighted by Gasteiger charge is 2.26. The van der Waals surface area contributed by atoms with E-state index in [0.29, 0.717) is 10.6 Å². The van der Waals surface area contributed by atoms with Crippen molar-refractivity contribution in [2.75, 3.05) is 0 Å². The number of benzene rings is 2. The molecule has 0 spiro atoms. The standard InChI is InChI=1S/C16H11BrClF2N3O2S/c17-13-14(16(19)20)22-23(15(13)9-5-7-10(18)8-6-9)11-3-1-2-4-12(11)26(21,24)25/h1-8,16H,(H2,21,24,25). The molecule has 1 aromatic heterocycles. The number of sulfonamides is 1. The minimum absolute atomic E-state index is 0.0547. The van der Waals surface area contributed by atoms with E-state index in [4.69, 9.17) is 16.7 Å². The number of nitrogens with zero attached hydrogens (tertiary/aromatic N) is 2. The third kappa shape index (κ3) is 3.52. The van der Waals surface area contributed by atoms with Gasteiger partial charge in [-0.25, -0.2) is 27.0 Å². The highest BCUT2D eigenvalue weighted by atomic mass is 79.9. The number of aromatic nitrogens is 2. The predicted octanol–water partition coefficient (Wildman–Crippen LogP) is 4.54. The molecule has 3 aromatic rings. The van der Waals surface area contributed by atoms with Gasteiger partial charge in [0.05, 0.1) is 15.9 Å². The van der Waals surface area contributed by atoms with Crippen LogP contribution in [0.25, 0.3) is 16.9 Å². The van der Waals surface area contributed by atoms with Crippen LogP contribution < -0.4 is 5.14 Å². The quantitative estimate of drug-likeness (QED) is 0.618. The Kier molecular flexibility index (Phi) is 5.16. The summed E-state index contributed by atoms with van der Waals surface area (Å²) < 4.78 is 51.8.